The van der Waals surface area contributed by atoms with Gasteiger partial charge in [0.2, 0.25) is 0 Å². The van der Waals surface area contributed by atoms with Crippen LogP contribution in [0.1, 0.15) is 29.8 Å². The summed E-state index contributed by atoms with van der Waals surface area (Å²) in [7, 11) is 1.31. The summed E-state index contributed by atoms with van der Waals surface area (Å²) >= 11 is 5.69. The van der Waals surface area contributed by atoms with Crippen molar-refractivity contribution in [3.05, 3.63) is 28.5 Å². The molecule has 0 amide bonds. The molecule has 0 saturated heterocycles. The van der Waals surface area contributed by atoms with E-state index in [1.807, 2.05) is 13.8 Å². The number of esters is 1. The van der Waals surface area contributed by atoms with Crippen LogP contribution in [0.3, 0.4) is 0 Å². The van der Waals surface area contributed by atoms with E-state index in [0.29, 0.717) is 5.56 Å². The maximum atomic E-state index is 11.1. The van der Waals surface area contributed by atoms with Crippen molar-refractivity contribution >= 4 is 17.6 Å². The first-order valence-corrected chi connectivity index (χ1v) is 4.74. The maximum Gasteiger partial charge on any atom is 0.341 e. The zero-order chi connectivity index (χ0) is 11.1. The Morgan fingerprint density at radius 2 is 2.07 bits per heavy atom. The molecule has 4 heteroatoms. The number of aromatic nitrogens is 1. The zero-order valence-corrected chi connectivity index (χ0v) is 9.55. The highest BCUT2D eigenvalue weighted by Crippen LogP contribution is 2.16. The molecule has 3 nitrogen and oxygen atoms in total. The summed E-state index contributed by atoms with van der Waals surface area (Å²) in [4.78, 5) is 14.9. The van der Waals surface area contributed by atoms with Crippen molar-refractivity contribution in [3.63, 3.8) is 0 Å². The minimum Gasteiger partial charge on any atom is -0.465 e. The van der Waals surface area contributed by atoms with Gasteiger partial charge in [-0.15, -0.1) is 0 Å². The summed E-state index contributed by atoms with van der Waals surface area (Å²) < 4.78 is 4.53. The number of nitrogens with zero attached hydrogens (tertiary/aromatic N) is 1. The summed E-state index contributed by atoms with van der Waals surface area (Å²) in [5.41, 5.74) is 1.10. The largest absolute Gasteiger partial charge is 0.465 e. The fourth-order valence-corrected chi connectivity index (χ4v) is 1.15. The van der Waals surface area contributed by atoms with Gasteiger partial charge in [-0.25, -0.2) is 9.78 Å². The van der Waals surface area contributed by atoms with E-state index >= 15 is 0 Å². The third-order valence-corrected chi connectivity index (χ3v) is 1.79. The predicted molar refractivity (Wildman–Crippen MR) is 56.7 cm³/mol. The Labute approximate surface area is 89.1 Å². The Morgan fingerprint density at radius 1 is 1.50 bits per heavy atom. The van der Waals surface area contributed by atoms with E-state index in [2.05, 4.69) is 9.72 Å². The van der Waals surface area contributed by atoms with Crippen molar-refractivity contribution in [1.82, 2.24) is 4.98 Å². The number of pyridine rings is 1. The summed E-state index contributed by atoms with van der Waals surface area (Å²) in [6, 6.07) is 1.71. The Hall–Kier alpha value is -1.09. The Morgan fingerprint density at radius 3 is 2.50 bits per heavy atom. The van der Waals surface area contributed by atoms with Gasteiger partial charge in [0.15, 0.2) is 0 Å². The highest BCUT2D eigenvalue weighted by Gasteiger charge is 2.13. The van der Waals surface area contributed by atoms with Crippen molar-refractivity contribution < 1.29 is 9.53 Å². The van der Waals surface area contributed by atoms with Crippen LogP contribution < -0.4 is 0 Å². The molecule has 0 radical (unpaired) electrons. The molecule has 0 atom stereocenters. The second-order valence-corrected chi connectivity index (χ2v) is 2.64. The minimum absolute atomic E-state index is 0.182. The first kappa shape index (κ1) is 12.9. The van der Waals surface area contributed by atoms with Crippen molar-refractivity contribution in [1.29, 1.82) is 0 Å². The monoisotopic (exact) mass is 215 g/mol. The summed E-state index contributed by atoms with van der Waals surface area (Å²) in [5, 5.41) is 0.182. The molecule has 0 aromatic carbocycles. The molecule has 14 heavy (non-hydrogen) atoms. The van der Waals surface area contributed by atoms with E-state index in [1.54, 1.807) is 19.2 Å². The van der Waals surface area contributed by atoms with Crippen LogP contribution in [-0.4, -0.2) is 18.1 Å². The van der Waals surface area contributed by atoms with Crippen LogP contribution in [0, 0.1) is 6.92 Å². The Balaban J connectivity index is 0.000000791. The van der Waals surface area contributed by atoms with Crippen molar-refractivity contribution in [3.8, 4) is 0 Å². The summed E-state index contributed by atoms with van der Waals surface area (Å²) in [5.74, 6) is -0.453. The molecule has 0 fully saturated rings. The molecular formula is C10H14ClNO2. The number of rotatable bonds is 1. The lowest BCUT2D eigenvalue weighted by Crippen LogP contribution is -2.05. The van der Waals surface area contributed by atoms with Crippen LogP contribution in [0.15, 0.2) is 12.3 Å². The molecule has 0 spiro atoms. The average Bonchev–Trinajstić information content (AvgIpc) is 2.20. The average molecular weight is 216 g/mol. The fraction of sp³-hybridized carbons (Fsp3) is 0.400. The molecule has 1 aromatic rings. The first-order chi connectivity index (χ1) is 6.66. The van der Waals surface area contributed by atoms with Gasteiger partial charge in [-0.2, -0.15) is 0 Å². The van der Waals surface area contributed by atoms with Crippen molar-refractivity contribution in [2.24, 2.45) is 0 Å². The number of methoxy groups -OCH3 is 1. The van der Waals surface area contributed by atoms with Crippen LogP contribution in [0.25, 0.3) is 0 Å². The van der Waals surface area contributed by atoms with Crippen molar-refractivity contribution in [2.75, 3.05) is 7.11 Å². The van der Waals surface area contributed by atoms with Crippen molar-refractivity contribution in [2.45, 2.75) is 20.8 Å². The number of carbonyl (C=O) groups is 1. The summed E-state index contributed by atoms with van der Waals surface area (Å²) in [6.07, 6.45) is 1.55. The highest BCUT2D eigenvalue weighted by molar-refractivity contribution is 6.32. The smallest absolute Gasteiger partial charge is 0.341 e. The standard InChI is InChI=1S/C8H8ClNO2.C2H6/c1-5-3-4-10-7(9)6(5)8(11)12-2;1-2/h3-4H,1-2H3;1-2H3. The van der Waals surface area contributed by atoms with Gasteiger partial charge in [0, 0.05) is 6.20 Å². The van der Waals surface area contributed by atoms with Crippen LogP contribution in [0.2, 0.25) is 5.15 Å². The first-order valence-electron chi connectivity index (χ1n) is 4.36. The molecule has 1 aromatic heterocycles. The van der Waals surface area contributed by atoms with Crippen LogP contribution >= 0.6 is 11.6 Å². The fourth-order valence-electron chi connectivity index (χ4n) is 0.872. The maximum absolute atomic E-state index is 11.1. The molecule has 0 saturated carbocycles. The molecule has 0 aliphatic carbocycles. The highest BCUT2D eigenvalue weighted by atomic mass is 35.5. The number of halogens is 1. The van der Waals surface area contributed by atoms with Gasteiger partial charge in [-0.1, -0.05) is 25.4 Å². The van der Waals surface area contributed by atoms with Gasteiger partial charge in [0.25, 0.3) is 0 Å². The van der Waals surface area contributed by atoms with Gasteiger partial charge in [-0.05, 0) is 18.6 Å². The molecule has 1 rings (SSSR count). The molecule has 0 unspecified atom stereocenters. The molecule has 0 aliphatic heterocycles. The van der Waals surface area contributed by atoms with Gasteiger partial charge >= 0.3 is 5.97 Å². The number of carbonyl (C=O) groups excluding carboxylic acids is 1. The van der Waals surface area contributed by atoms with Crippen LogP contribution in [-0.2, 0) is 4.74 Å². The SMILES string of the molecule is CC.COC(=O)c1c(C)ccnc1Cl. The Bertz CT molecular complexity index is 293. The lowest BCUT2D eigenvalue weighted by Gasteiger charge is -2.03. The molecular weight excluding hydrogens is 202 g/mol. The molecule has 0 aliphatic rings. The zero-order valence-electron chi connectivity index (χ0n) is 8.80. The van der Waals surface area contributed by atoms with E-state index in [9.17, 15) is 4.79 Å². The van der Waals surface area contributed by atoms with E-state index in [0.717, 1.165) is 5.56 Å². The lowest BCUT2D eigenvalue weighted by molar-refractivity contribution is 0.0599. The third-order valence-electron chi connectivity index (χ3n) is 1.50. The molecule has 0 bridgehead atoms. The second-order valence-electron chi connectivity index (χ2n) is 2.29. The molecule has 0 N–H and O–H groups in total. The third kappa shape index (κ3) is 3.00. The number of hydrogen-bond donors (Lipinski definition) is 0. The quantitative estimate of drug-likeness (QED) is 0.534. The topological polar surface area (TPSA) is 39.2 Å². The second kappa shape index (κ2) is 6.38. The van der Waals surface area contributed by atoms with Gasteiger partial charge < -0.3 is 4.74 Å². The van der Waals surface area contributed by atoms with E-state index in [-0.39, 0.29) is 5.15 Å². The number of aryl methyl sites for hydroxylation is 1. The number of hydrogen-bond acceptors (Lipinski definition) is 3. The van der Waals surface area contributed by atoms with E-state index < -0.39 is 5.97 Å². The van der Waals surface area contributed by atoms with Gasteiger partial charge in [0.05, 0.1) is 12.7 Å². The Kier molecular flexibility index (Phi) is 5.88. The van der Waals surface area contributed by atoms with Gasteiger partial charge in [0.1, 0.15) is 5.15 Å². The van der Waals surface area contributed by atoms with E-state index in [1.165, 1.54) is 7.11 Å². The van der Waals surface area contributed by atoms with Crippen LogP contribution in [0.5, 0.6) is 0 Å². The normalized spacial score (nSPS) is 8.64. The molecule has 1 heterocycles. The van der Waals surface area contributed by atoms with Crippen LogP contribution in [0.4, 0.5) is 0 Å². The predicted octanol–water partition coefficient (Wildman–Crippen LogP) is 2.86. The number of ether oxygens (including phenoxy) is 1. The van der Waals surface area contributed by atoms with E-state index in [4.69, 9.17) is 11.6 Å². The summed E-state index contributed by atoms with van der Waals surface area (Å²) in [6.45, 7) is 5.78. The minimum atomic E-state index is -0.453. The van der Waals surface area contributed by atoms with Gasteiger partial charge in [-0.3, -0.25) is 0 Å². The lowest BCUT2D eigenvalue weighted by atomic mass is 10.2. The molecule has 78 valence electrons.